The molecule has 1 aliphatic carbocycles. The molecule has 1 heterocycles. The smallest absolute Gasteiger partial charge is 0.145 e. The van der Waals surface area contributed by atoms with Crippen LogP contribution < -0.4 is 10.1 Å². The Labute approximate surface area is 117 Å². The lowest BCUT2D eigenvalue weighted by Crippen LogP contribution is -2.17. The van der Waals surface area contributed by atoms with Gasteiger partial charge in [-0.1, -0.05) is 6.07 Å². The first-order valence-electron chi connectivity index (χ1n) is 6.81. The molecule has 1 unspecified atom stereocenters. The van der Waals surface area contributed by atoms with Crippen LogP contribution in [0, 0.1) is 5.92 Å². The highest BCUT2D eigenvalue weighted by molar-refractivity contribution is 5.92. The van der Waals surface area contributed by atoms with Crippen LogP contribution in [0.1, 0.15) is 19.3 Å². The number of anilines is 1. The van der Waals surface area contributed by atoms with Gasteiger partial charge < -0.3 is 14.8 Å². The molecule has 1 aromatic heterocycles. The Morgan fingerprint density at radius 1 is 1.35 bits per heavy atom. The summed E-state index contributed by atoms with van der Waals surface area (Å²) < 4.78 is 5.32. The standard InChI is InChI=1S/C15H17N3O2/c1-20-13-4-2-3-12-14(13)16-9-17-15(12)18-11-6-5-10(7-11)8-19/h2-4,8-11H,5-7H2,1H3,(H,16,17,18)/t10-,11?/m0/s1. The third-order valence-electron chi connectivity index (χ3n) is 3.85. The molecule has 2 aromatic rings. The maximum atomic E-state index is 10.8. The number of carbonyl (C=O) groups is 1. The van der Waals surface area contributed by atoms with Gasteiger partial charge in [-0.25, -0.2) is 9.97 Å². The number of aldehydes is 1. The van der Waals surface area contributed by atoms with Gasteiger partial charge in [0.15, 0.2) is 0 Å². The van der Waals surface area contributed by atoms with E-state index < -0.39 is 0 Å². The van der Waals surface area contributed by atoms with Crippen molar-refractivity contribution in [2.24, 2.45) is 5.92 Å². The van der Waals surface area contributed by atoms with Crippen LogP contribution in [0.15, 0.2) is 24.5 Å². The molecule has 2 atom stereocenters. The molecule has 1 fully saturated rings. The highest BCUT2D eigenvalue weighted by Gasteiger charge is 2.24. The largest absolute Gasteiger partial charge is 0.494 e. The lowest BCUT2D eigenvalue weighted by molar-refractivity contribution is -0.110. The summed E-state index contributed by atoms with van der Waals surface area (Å²) in [5.41, 5.74) is 0.803. The number of rotatable bonds is 4. The Balaban J connectivity index is 1.90. The fourth-order valence-corrected chi connectivity index (χ4v) is 2.80. The fraction of sp³-hybridized carbons (Fsp3) is 0.400. The van der Waals surface area contributed by atoms with Gasteiger partial charge in [0.2, 0.25) is 0 Å². The third-order valence-corrected chi connectivity index (χ3v) is 3.85. The number of nitrogens with one attached hydrogen (secondary N) is 1. The van der Waals surface area contributed by atoms with E-state index in [1.165, 1.54) is 0 Å². The van der Waals surface area contributed by atoms with Crippen LogP contribution in [0.3, 0.4) is 0 Å². The van der Waals surface area contributed by atoms with Crippen LogP contribution in [-0.4, -0.2) is 29.4 Å². The molecule has 0 bridgehead atoms. The first-order chi connectivity index (χ1) is 9.81. The Morgan fingerprint density at radius 3 is 3.00 bits per heavy atom. The highest BCUT2D eigenvalue weighted by atomic mass is 16.5. The van der Waals surface area contributed by atoms with Crippen LogP contribution in [-0.2, 0) is 4.79 Å². The van der Waals surface area contributed by atoms with Crippen LogP contribution in [0.25, 0.3) is 10.9 Å². The second kappa shape index (κ2) is 5.45. The van der Waals surface area contributed by atoms with Crippen molar-refractivity contribution in [2.75, 3.05) is 12.4 Å². The monoisotopic (exact) mass is 271 g/mol. The minimum absolute atomic E-state index is 0.176. The molecule has 0 amide bonds. The van der Waals surface area contributed by atoms with Gasteiger partial charge in [0.25, 0.3) is 0 Å². The Bertz CT molecular complexity index is 630. The van der Waals surface area contributed by atoms with E-state index in [9.17, 15) is 4.79 Å². The number of carbonyl (C=O) groups excluding carboxylic acids is 1. The number of methoxy groups -OCH3 is 1. The molecule has 1 aromatic carbocycles. The van der Waals surface area contributed by atoms with E-state index in [1.807, 2.05) is 18.2 Å². The molecule has 1 saturated carbocycles. The Kier molecular flexibility index (Phi) is 3.50. The van der Waals surface area contributed by atoms with E-state index in [0.29, 0.717) is 6.04 Å². The molecule has 0 spiro atoms. The summed E-state index contributed by atoms with van der Waals surface area (Å²) in [7, 11) is 1.63. The summed E-state index contributed by atoms with van der Waals surface area (Å²) in [6, 6.07) is 6.09. The van der Waals surface area contributed by atoms with Gasteiger partial charge in [-0.05, 0) is 31.4 Å². The number of aromatic nitrogens is 2. The zero-order chi connectivity index (χ0) is 13.9. The predicted molar refractivity (Wildman–Crippen MR) is 76.9 cm³/mol. The molecule has 0 aliphatic heterocycles. The molecule has 20 heavy (non-hydrogen) atoms. The van der Waals surface area contributed by atoms with E-state index in [0.717, 1.165) is 48.0 Å². The molecule has 1 N–H and O–H groups in total. The number of hydrogen-bond acceptors (Lipinski definition) is 5. The maximum absolute atomic E-state index is 10.8. The zero-order valence-corrected chi connectivity index (χ0v) is 11.4. The molecule has 0 radical (unpaired) electrons. The van der Waals surface area contributed by atoms with Gasteiger partial charge >= 0.3 is 0 Å². The van der Waals surface area contributed by atoms with Gasteiger partial charge in [0, 0.05) is 17.3 Å². The van der Waals surface area contributed by atoms with E-state index in [-0.39, 0.29) is 5.92 Å². The molecule has 5 heteroatoms. The number of hydrogen-bond donors (Lipinski definition) is 1. The van der Waals surface area contributed by atoms with Crippen LogP contribution in [0.5, 0.6) is 5.75 Å². The van der Waals surface area contributed by atoms with Crippen molar-refractivity contribution in [3.05, 3.63) is 24.5 Å². The molecule has 5 nitrogen and oxygen atoms in total. The van der Waals surface area contributed by atoms with Crippen molar-refractivity contribution >= 4 is 23.0 Å². The summed E-state index contributed by atoms with van der Waals surface area (Å²) in [6.07, 6.45) is 5.42. The second-order valence-electron chi connectivity index (χ2n) is 5.13. The van der Waals surface area contributed by atoms with E-state index >= 15 is 0 Å². The average molecular weight is 271 g/mol. The number of fused-ring (bicyclic) bond motifs is 1. The maximum Gasteiger partial charge on any atom is 0.145 e. The zero-order valence-electron chi connectivity index (χ0n) is 11.4. The average Bonchev–Trinajstić information content (AvgIpc) is 2.95. The number of para-hydroxylation sites is 1. The summed E-state index contributed by atoms with van der Waals surface area (Å²) in [4.78, 5) is 19.4. The summed E-state index contributed by atoms with van der Waals surface area (Å²) in [6.45, 7) is 0. The van der Waals surface area contributed by atoms with Crippen LogP contribution in [0.4, 0.5) is 5.82 Å². The predicted octanol–water partition coefficient (Wildman–Crippen LogP) is 2.42. The summed E-state index contributed by atoms with van der Waals surface area (Å²) in [5.74, 6) is 1.73. The molecular formula is C15H17N3O2. The van der Waals surface area contributed by atoms with E-state index in [4.69, 9.17) is 4.74 Å². The second-order valence-corrected chi connectivity index (χ2v) is 5.13. The molecular weight excluding hydrogens is 254 g/mol. The molecule has 104 valence electrons. The lowest BCUT2D eigenvalue weighted by Gasteiger charge is -2.15. The number of benzene rings is 1. The van der Waals surface area contributed by atoms with Gasteiger partial charge in [0.1, 0.15) is 29.7 Å². The van der Waals surface area contributed by atoms with Crippen LogP contribution in [0.2, 0.25) is 0 Å². The van der Waals surface area contributed by atoms with Crippen molar-refractivity contribution in [1.29, 1.82) is 0 Å². The quantitative estimate of drug-likeness (QED) is 0.865. The van der Waals surface area contributed by atoms with Crippen LogP contribution >= 0.6 is 0 Å². The topological polar surface area (TPSA) is 64.1 Å². The molecule has 0 saturated heterocycles. The number of nitrogens with zero attached hydrogens (tertiary/aromatic N) is 2. The fourth-order valence-electron chi connectivity index (χ4n) is 2.80. The first kappa shape index (κ1) is 12.8. The molecule has 1 aliphatic rings. The summed E-state index contributed by atoms with van der Waals surface area (Å²) >= 11 is 0. The van der Waals surface area contributed by atoms with Crippen molar-refractivity contribution in [3.63, 3.8) is 0 Å². The minimum Gasteiger partial charge on any atom is -0.494 e. The van der Waals surface area contributed by atoms with Gasteiger partial charge in [0.05, 0.1) is 7.11 Å². The molecule has 3 rings (SSSR count). The van der Waals surface area contributed by atoms with E-state index in [1.54, 1.807) is 13.4 Å². The van der Waals surface area contributed by atoms with Gasteiger partial charge in [-0.3, -0.25) is 0 Å². The first-order valence-corrected chi connectivity index (χ1v) is 6.81. The normalized spacial score (nSPS) is 21.9. The highest BCUT2D eigenvalue weighted by Crippen LogP contribution is 2.30. The Morgan fingerprint density at radius 2 is 2.25 bits per heavy atom. The van der Waals surface area contributed by atoms with Crippen molar-refractivity contribution in [2.45, 2.75) is 25.3 Å². The number of ether oxygens (including phenoxy) is 1. The summed E-state index contributed by atoms with van der Waals surface area (Å²) in [5, 5.41) is 4.38. The van der Waals surface area contributed by atoms with Crippen molar-refractivity contribution in [3.8, 4) is 5.75 Å². The van der Waals surface area contributed by atoms with Crippen molar-refractivity contribution in [1.82, 2.24) is 9.97 Å². The van der Waals surface area contributed by atoms with Crippen molar-refractivity contribution < 1.29 is 9.53 Å². The minimum atomic E-state index is 0.176. The Hall–Kier alpha value is -2.17. The lowest BCUT2D eigenvalue weighted by atomic mass is 10.1. The van der Waals surface area contributed by atoms with Gasteiger partial charge in [-0.15, -0.1) is 0 Å². The van der Waals surface area contributed by atoms with Gasteiger partial charge in [-0.2, -0.15) is 0 Å². The SMILES string of the molecule is COc1cccc2c(NC3CC[C@H](C=O)C3)ncnc12. The third kappa shape index (κ3) is 2.31. The van der Waals surface area contributed by atoms with E-state index in [2.05, 4.69) is 15.3 Å².